The van der Waals surface area contributed by atoms with Gasteiger partial charge in [-0.25, -0.2) is 19.7 Å². The monoisotopic (exact) mass is 431 g/mol. The number of aromatic nitrogens is 4. The predicted molar refractivity (Wildman–Crippen MR) is 107 cm³/mol. The lowest BCUT2D eigenvalue weighted by Crippen LogP contribution is -2.45. The summed E-state index contributed by atoms with van der Waals surface area (Å²) < 4.78 is 38.2. The lowest BCUT2D eigenvalue weighted by molar-refractivity contribution is -0.875. The molecule has 4 rings (SSSR count). The van der Waals surface area contributed by atoms with E-state index in [4.69, 9.17) is 5.41 Å². The maximum absolute atomic E-state index is 13.1. The molecular weight excluding hydrogens is 411 g/mol. The van der Waals surface area contributed by atoms with Gasteiger partial charge >= 0.3 is 6.18 Å². The molecule has 162 valence electrons. The van der Waals surface area contributed by atoms with Gasteiger partial charge in [0, 0.05) is 17.6 Å². The molecule has 3 aromatic heterocycles. The van der Waals surface area contributed by atoms with Gasteiger partial charge in [-0.05, 0) is 43.7 Å². The molecule has 8 nitrogen and oxygen atoms in total. The summed E-state index contributed by atoms with van der Waals surface area (Å²) in [7, 11) is 0. The Balaban J connectivity index is 1.91. The molecule has 3 aromatic rings. The zero-order chi connectivity index (χ0) is 22.4. The average molecular weight is 431 g/mol. The van der Waals surface area contributed by atoms with Gasteiger partial charge < -0.3 is 5.21 Å². The first kappa shape index (κ1) is 20.9. The summed E-state index contributed by atoms with van der Waals surface area (Å²) in [4.78, 5) is 13.0. The number of pyridine rings is 2. The first-order valence-corrected chi connectivity index (χ1v) is 9.54. The van der Waals surface area contributed by atoms with Crippen molar-refractivity contribution in [2.45, 2.75) is 33.1 Å². The highest BCUT2D eigenvalue weighted by Crippen LogP contribution is 2.39. The van der Waals surface area contributed by atoms with Crippen molar-refractivity contribution in [3.8, 4) is 22.5 Å². The molecule has 1 aliphatic heterocycles. The van der Waals surface area contributed by atoms with E-state index in [2.05, 4.69) is 20.4 Å². The van der Waals surface area contributed by atoms with Crippen molar-refractivity contribution < 1.29 is 17.9 Å². The summed E-state index contributed by atoms with van der Waals surface area (Å²) in [6.45, 7) is 2.52. The fourth-order valence-electron chi connectivity index (χ4n) is 3.66. The van der Waals surface area contributed by atoms with E-state index >= 15 is 0 Å². The number of anilines is 1. The van der Waals surface area contributed by atoms with E-state index in [1.165, 1.54) is 4.57 Å². The summed E-state index contributed by atoms with van der Waals surface area (Å²) >= 11 is 0. The van der Waals surface area contributed by atoms with Crippen LogP contribution >= 0.6 is 0 Å². The fraction of sp³-hybridized carbons (Fsp3) is 0.300. The normalized spacial score (nSPS) is 18.0. The Morgan fingerprint density at radius 3 is 2.52 bits per heavy atom. The number of hydrogen-bond donors (Lipinski definition) is 2. The van der Waals surface area contributed by atoms with Crippen molar-refractivity contribution in [2.75, 3.05) is 12.0 Å². The van der Waals surface area contributed by atoms with E-state index in [0.717, 1.165) is 11.4 Å². The minimum absolute atomic E-state index is 0.239. The van der Waals surface area contributed by atoms with Gasteiger partial charge in [-0.2, -0.15) is 13.2 Å². The number of quaternary nitrogens is 1. The maximum Gasteiger partial charge on any atom is 0.394 e. The van der Waals surface area contributed by atoms with E-state index in [1.807, 2.05) is 13.8 Å². The molecule has 0 fully saturated rings. The third-order valence-electron chi connectivity index (χ3n) is 4.93. The Labute approximate surface area is 175 Å². The summed E-state index contributed by atoms with van der Waals surface area (Å²) in [5.41, 5.74) is 5.91. The number of fused-ring (bicyclic) bond motifs is 1. The minimum atomic E-state index is -4.46. The highest BCUT2D eigenvalue weighted by molar-refractivity contribution is 5.87. The van der Waals surface area contributed by atoms with Crippen LogP contribution in [-0.2, 0) is 6.67 Å². The molecular formula is C20H20F3N7O. The molecule has 2 N–H and O–H groups in total. The van der Waals surface area contributed by atoms with Crippen LogP contribution in [0.5, 0.6) is 0 Å². The number of rotatable bonds is 4. The van der Waals surface area contributed by atoms with Gasteiger partial charge in [-0.1, -0.05) is 6.07 Å². The molecule has 0 aromatic carbocycles. The maximum atomic E-state index is 13.1. The molecule has 1 unspecified atom stereocenters. The van der Waals surface area contributed by atoms with Crippen LogP contribution in [0.1, 0.15) is 17.8 Å². The van der Waals surface area contributed by atoms with Crippen LogP contribution in [0.15, 0.2) is 36.5 Å². The molecule has 0 saturated carbocycles. The van der Waals surface area contributed by atoms with Crippen LogP contribution in [0.25, 0.3) is 22.5 Å². The molecule has 0 spiro atoms. The average Bonchev–Trinajstić information content (AvgIpc) is 3.04. The van der Waals surface area contributed by atoms with Crippen LogP contribution in [0.2, 0.25) is 0 Å². The van der Waals surface area contributed by atoms with Gasteiger partial charge in [-0.15, -0.1) is 0 Å². The van der Waals surface area contributed by atoms with E-state index in [-0.39, 0.29) is 11.4 Å². The van der Waals surface area contributed by atoms with Crippen LogP contribution in [0, 0.1) is 24.5 Å². The van der Waals surface area contributed by atoms with Gasteiger partial charge in [0.1, 0.15) is 12.2 Å². The molecule has 1 aliphatic rings. The van der Waals surface area contributed by atoms with Crippen LogP contribution in [0.4, 0.5) is 19.0 Å². The largest absolute Gasteiger partial charge is 0.605 e. The van der Waals surface area contributed by atoms with Crippen molar-refractivity contribution in [3.05, 3.63) is 58.7 Å². The van der Waals surface area contributed by atoms with Gasteiger partial charge in [0.2, 0.25) is 5.62 Å². The van der Waals surface area contributed by atoms with Crippen molar-refractivity contribution in [1.82, 2.24) is 19.5 Å². The van der Waals surface area contributed by atoms with Crippen molar-refractivity contribution in [2.24, 2.45) is 0 Å². The molecule has 1 atom stereocenters. The molecule has 0 bridgehead atoms. The zero-order valence-electron chi connectivity index (χ0n) is 16.9. The summed E-state index contributed by atoms with van der Waals surface area (Å²) in [5.74, 6) is 0.239. The standard InChI is InChI=1S/C20H20F3N7O/c1-12-9-14(10-13(2)26-12)16-17(15-5-3-4-7-25-15)27-19(24)29-11-30(31,28-18(16)29)8-6-20(21,22)23/h3-5,7,9-10,24,28H,6,8,11H2,1-2H3. The smallest absolute Gasteiger partial charge is 0.394 e. The number of aryl methyl sites for hydroxylation is 2. The molecule has 0 aliphatic carbocycles. The minimum Gasteiger partial charge on any atom is -0.605 e. The highest BCUT2D eigenvalue weighted by Gasteiger charge is 2.37. The lowest BCUT2D eigenvalue weighted by Gasteiger charge is -2.36. The molecule has 4 heterocycles. The Kier molecular flexibility index (Phi) is 5.02. The number of alkyl halides is 3. The highest BCUT2D eigenvalue weighted by atomic mass is 19.4. The summed E-state index contributed by atoms with van der Waals surface area (Å²) in [6, 6.07) is 8.83. The van der Waals surface area contributed by atoms with E-state index in [1.54, 1.807) is 36.5 Å². The third-order valence-corrected chi connectivity index (χ3v) is 4.93. The van der Waals surface area contributed by atoms with E-state index in [0.29, 0.717) is 22.5 Å². The van der Waals surface area contributed by atoms with Crippen molar-refractivity contribution in [3.63, 3.8) is 0 Å². The number of hydrogen-bond acceptors (Lipinski definition) is 6. The SMILES string of the molecule is Cc1cc(-c2c(-c3ccccn3)nc(=N)n3c2N[N+]([O-])(CCC(F)(F)F)C3)cc(C)n1. The fourth-order valence-corrected chi connectivity index (χ4v) is 3.66. The van der Waals surface area contributed by atoms with E-state index < -0.39 is 30.6 Å². The Hall–Kier alpha value is -3.31. The van der Waals surface area contributed by atoms with Gasteiger partial charge in [0.25, 0.3) is 0 Å². The summed E-state index contributed by atoms with van der Waals surface area (Å²) in [6.07, 6.45) is -4.12. The molecule has 0 saturated heterocycles. The predicted octanol–water partition coefficient (Wildman–Crippen LogP) is 3.67. The number of hydroxylamine groups is 2. The van der Waals surface area contributed by atoms with Crippen LogP contribution in [-0.4, -0.2) is 37.0 Å². The second-order valence-corrected chi connectivity index (χ2v) is 7.52. The Bertz CT molecular complexity index is 1170. The van der Waals surface area contributed by atoms with Gasteiger partial charge in [0.15, 0.2) is 12.5 Å². The lowest BCUT2D eigenvalue weighted by atomic mass is 10.0. The van der Waals surface area contributed by atoms with Crippen molar-refractivity contribution in [1.29, 1.82) is 5.41 Å². The molecule has 0 radical (unpaired) electrons. The first-order valence-electron chi connectivity index (χ1n) is 9.54. The Morgan fingerprint density at radius 1 is 1.19 bits per heavy atom. The third kappa shape index (κ3) is 4.28. The number of nitrogens with zero attached hydrogens (tertiary/aromatic N) is 5. The van der Waals surface area contributed by atoms with Crippen LogP contribution in [0.3, 0.4) is 0 Å². The molecule has 0 amide bonds. The van der Waals surface area contributed by atoms with Gasteiger partial charge in [-0.3, -0.25) is 15.4 Å². The second-order valence-electron chi connectivity index (χ2n) is 7.52. The summed E-state index contributed by atoms with van der Waals surface area (Å²) in [5, 5.41) is 21.4. The number of halogens is 3. The van der Waals surface area contributed by atoms with Crippen LogP contribution < -0.4 is 11.0 Å². The number of nitrogens with one attached hydrogen (secondary N) is 2. The second kappa shape index (κ2) is 7.43. The zero-order valence-corrected chi connectivity index (χ0v) is 16.9. The molecule has 31 heavy (non-hydrogen) atoms. The quantitative estimate of drug-likeness (QED) is 0.485. The van der Waals surface area contributed by atoms with E-state index in [9.17, 15) is 18.4 Å². The van der Waals surface area contributed by atoms with Gasteiger partial charge in [0.05, 0.1) is 17.7 Å². The Morgan fingerprint density at radius 2 is 1.90 bits per heavy atom. The van der Waals surface area contributed by atoms with Crippen molar-refractivity contribution >= 4 is 5.82 Å². The topological polar surface area (TPSA) is 103 Å². The molecule has 11 heteroatoms. The first-order chi connectivity index (χ1) is 14.5.